The monoisotopic (exact) mass is 383 g/mol. The van der Waals surface area contributed by atoms with Gasteiger partial charge in [0.1, 0.15) is 10.8 Å². The van der Waals surface area contributed by atoms with Crippen molar-refractivity contribution in [2.24, 2.45) is 0 Å². The zero-order valence-corrected chi connectivity index (χ0v) is 16.3. The molecule has 1 heterocycles. The highest BCUT2D eigenvalue weighted by atomic mass is 32.1. The van der Waals surface area contributed by atoms with Gasteiger partial charge in [-0.15, -0.1) is 10.2 Å². The minimum Gasteiger partial charge on any atom is -0.497 e. The van der Waals surface area contributed by atoms with E-state index in [2.05, 4.69) is 10.2 Å². The first-order valence-corrected chi connectivity index (χ1v) is 9.30. The Morgan fingerprint density at radius 2 is 1.93 bits per heavy atom. The predicted octanol–water partition coefficient (Wildman–Crippen LogP) is 3.82. The number of aromatic nitrogens is 2. The summed E-state index contributed by atoms with van der Waals surface area (Å²) >= 11 is 1.39. The quantitative estimate of drug-likeness (QED) is 0.621. The number of hydrogen-bond donors (Lipinski definition) is 0. The van der Waals surface area contributed by atoms with Crippen molar-refractivity contribution in [1.82, 2.24) is 10.2 Å². The van der Waals surface area contributed by atoms with Crippen LogP contribution in [0.1, 0.15) is 15.9 Å². The summed E-state index contributed by atoms with van der Waals surface area (Å²) in [5, 5.41) is 9.88. The number of carbonyl (C=O) groups is 1. The van der Waals surface area contributed by atoms with Gasteiger partial charge in [0.2, 0.25) is 5.13 Å². The van der Waals surface area contributed by atoms with Gasteiger partial charge in [-0.2, -0.15) is 0 Å². The summed E-state index contributed by atoms with van der Waals surface area (Å²) in [5.41, 5.74) is 2.66. The molecule has 3 rings (SSSR count). The molecule has 6 nitrogen and oxygen atoms in total. The zero-order valence-electron chi connectivity index (χ0n) is 15.5. The maximum Gasteiger partial charge on any atom is 0.260 e. The van der Waals surface area contributed by atoms with E-state index in [9.17, 15) is 4.79 Å². The number of rotatable bonds is 7. The van der Waals surface area contributed by atoms with E-state index < -0.39 is 0 Å². The highest BCUT2D eigenvalue weighted by molar-refractivity contribution is 7.18. The average Bonchev–Trinajstić information content (AvgIpc) is 3.18. The van der Waals surface area contributed by atoms with Crippen molar-refractivity contribution in [2.45, 2.75) is 6.92 Å². The van der Waals surface area contributed by atoms with Crippen molar-refractivity contribution in [3.63, 3.8) is 0 Å². The summed E-state index contributed by atoms with van der Waals surface area (Å²) in [5.74, 6) is 0.462. The second kappa shape index (κ2) is 8.75. The van der Waals surface area contributed by atoms with Crippen LogP contribution in [0, 0.1) is 6.92 Å². The molecule has 27 heavy (non-hydrogen) atoms. The lowest BCUT2D eigenvalue weighted by Crippen LogP contribution is -2.33. The van der Waals surface area contributed by atoms with Gasteiger partial charge in [-0.1, -0.05) is 41.7 Å². The van der Waals surface area contributed by atoms with Crippen molar-refractivity contribution >= 4 is 22.4 Å². The Morgan fingerprint density at radius 3 is 2.67 bits per heavy atom. The van der Waals surface area contributed by atoms with E-state index >= 15 is 0 Å². The maximum absolute atomic E-state index is 13.1. The van der Waals surface area contributed by atoms with Crippen molar-refractivity contribution in [2.75, 3.05) is 32.3 Å². The number of hydrogen-bond acceptors (Lipinski definition) is 6. The standard InChI is InChI=1S/C20H21N3O3S/c1-14-7-4-5-10-17(14)18-21-22-20(27-18)23(11-12-25-2)19(24)15-8-6-9-16(13-15)26-3/h4-10,13H,11-12H2,1-3H3. The molecular formula is C20H21N3O3S. The van der Waals surface area contributed by atoms with Gasteiger partial charge in [-0.3, -0.25) is 9.69 Å². The van der Waals surface area contributed by atoms with E-state index in [-0.39, 0.29) is 5.91 Å². The van der Waals surface area contributed by atoms with Gasteiger partial charge in [0, 0.05) is 18.2 Å². The molecule has 0 fully saturated rings. The van der Waals surface area contributed by atoms with Crippen molar-refractivity contribution in [3.05, 3.63) is 59.7 Å². The molecule has 0 unspecified atom stereocenters. The number of methoxy groups -OCH3 is 2. The van der Waals surface area contributed by atoms with E-state index in [1.54, 1.807) is 43.4 Å². The van der Waals surface area contributed by atoms with Gasteiger partial charge in [0.15, 0.2) is 0 Å². The van der Waals surface area contributed by atoms with Crippen LogP contribution in [0.3, 0.4) is 0 Å². The van der Waals surface area contributed by atoms with E-state index in [4.69, 9.17) is 9.47 Å². The van der Waals surface area contributed by atoms with Gasteiger partial charge in [0.05, 0.1) is 20.3 Å². The van der Waals surface area contributed by atoms with Crippen LogP contribution < -0.4 is 9.64 Å². The van der Waals surface area contributed by atoms with Crippen LogP contribution in [0.4, 0.5) is 5.13 Å². The SMILES string of the molecule is COCCN(C(=O)c1cccc(OC)c1)c1nnc(-c2ccccc2C)s1. The molecule has 1 aromatic heterocycles. The van der Waals surface area contributed by atoms with Crippen LogP contribution in [0.15, 0.2) is 48.5 Å². The van der Waals surface area contributed by atoms with Crippen LogP contribution in [0.2, 0.25) is 0 Å². The number of benzene rings is 2. The Kier molecular flexibility index (Phi) is 6.16. The van der Waals surface area contributed by atoms with E-state index in [1.165, 1.54) is 11.3 Å². The summed E-state index contributed by atoms with van der Waals surface area (Å²) in [6, 6.07) is 15.0. The summed E-state index contributed by atoms with van der Waals surface area (Å²) in [6.07, 6.45) is 0. The molecule has 7 heteroatoms. The number of aryl methyl sites for hydroxylation is 1. The molecule has 0 bridgehead atoms. The van der Waals surface area contributed by atoms with Crippen LogP contribution >= 0.6 is 11.3 Å². The van der Waals surface area contributed by atoms with E-state index in [0.29, 0.717) is 29.6 Å². The molecule has 2 aromatic carbocycles. The van der Waals surface area contributed by atoms with Crippen LogP contribution in [0.5, 0.6) is 5.75 Å². The lowest BCUT2D eigenvalue weighted by atomic mass is 10.1. The number of amides is 1. The largest absolute Gasteiger partial charge is 0.497 e. The number of nitrogens with zero attached hydrogens (tertiary/aromatic N) is 3. The van der Waals surface area contributed by atoms with Gasteiger partial charge in [-0.25, -0.2) is 0 Å². The Labute approximate surface area is 162 Å². The first-order chi connectivity index (χ1) is 13.1. The lowest BCUT2D eigenvalue weighted by Gasteiger charge is -2.19. The molecule has 0 aliphatic heterocycles. The van der Waals surface area contributed by atoms with Gasteiger partial charge >= 0.3 is 0 Å². The van der Waals surface area contributed by atoms with Crippen LogP contribution in [0.25, 0.3) is 10.6 Å². The molecular weight excluding hydrogens is 362 g/mol. The highest BCUT2D eigenvalue weighted by Gasteiger charge is 2.22. The number of anilines is 1. The molecule has 1 amide bonds. The minimum atomic E-state index is -0.168. The fourth-order valence-corrected chi connectivity index (χ4v) is 3.58. The molecule has 0 saturated carbocycles. The van der Waals surface area contributed by atoms with E-state index in [1.807, 2.05) is 31.2 Å². The highest BCUT2D eigenvalue weighted by Crippen LogP contribution is 2.31. The molecule has 0 N–H and O–H groups in total. The van der Waals surface area contributed by atoms with Gasteiger partial charge < -0.3 is 9.47 Å². The summed E-state index contributed by atoms with van der Waals surface area (Å²) < 4.78 is 10.4. The van der Waals surface area contributed by atoms with Crippen LogP contribution in [-0.4, -0.2) is 43.5 Å². The second-order valence-corrected chi connectivity index (χ2v) is 6.84. The Balaban J connectivity index is 1.93. The van der Waals surface area contributed by atoms with Crippen LogP contribution in [-0.2, 0) is 4.74 Å². The van der Waals surface area contributed by atoms with Crippen molar-refractivity contribution in [3.8, 4) is 16.3 Å². The molecule has 0 radical (unpaired) electrons. The smallest absolute Gasteiger partial charge is 0.260 e. The Hall–Kier alpha value is -2.77. The second-order valence-electron chi connectivity index (χ2n) is 5.89. The lowest BCUT2D eigenvalue weighted by molar-refractivity contribution is 0.0975. The molecule has 0 aliphatic rings. The first-order valence-electron chi connectivity index (χ1n) is 8.48. The van der Waals surface area contributed by atoms with Gasteiger partial charge in [-0.05, 0) is 30.7 Å². The Morgan fingerprint density at radius 1 is 1.11 bits per heavy atom. The normalized spacial score (nSPS) is 10.6. The minimum absolute atomic E-state index is 0.168. The zero-order chi connectivity index (χ0) is 19.2. The summed E-state index contributed by atoms with van der Waals surface area (Å²) in [4.78, 5) is 14.7. The fourth-order valence-electron chi connectivity index (χ4n) is 2.62. The third-order valence-corrected chi connectivity index (χ3v) is 5.08. The maximum atomic E-state index is 13.1. The number of carbonyl (C=O) groups excluding carboxylic acids is 1. The average molecular weight is 383 g/mol. The van der Waals surface area contributed by atoms with Crippen molar-refractivity contribution < 1.29 is 14.3 Å². The summed E-state index contributed by atoms with van der Waals surface area (Å²) in [6.45, 7) is 2.81. The molecule has 0 spiro atoms. The molecule has 0 aliphatic carbocycles. The fraction of sp³-hybridized carbons (Fsp3) is 0.250. The third-order valence-electron chi connectivity index (χ3n) is 4.10. The third kappa shape index (κ3) is 4.32. The molecule has 140 valence electrons. The van der Waals surface area contributed by atoms with E-state index in [0.717, 1.165) is 16.1 Å². The van der Waals surface area contributed by atoms with Crippen molar-refractivity contribution in [1.29, 1.82) is 0 Å². The summed E-state index contributed by atoms with van der Waals surface area (Å²) in [7, 11) is 3.18. The first kappa shape index (κ1) is 19.0. The number of ether oxygens (including phenoxy) is 2. The molecule has 0 atom stereocenters. The predicted molar refractivity (Wildman–Crippen MR) is 107 cm³/mol. The van der Waals surface area contributed by atoms with Gasteiger partial charge in [0.25, 0.3) is 5.91 Å². The molecule has 0 saturated heterocycles. The Bertz CT molecular complexity index is 926. The topological polar surface area (TPSA) is 64.5 Å². The molecule has 3 aromatic rings.